The van der Waals surface area contributed by atoms with Gasteiger partial charge in [0.15, 0.2) is 11.4 Å². The number of quaternary nitrogens is 1. The number of anilines is 1. The summed E-state index contributed by atoms with van der Waals surface area (Å²) in [6.07, 6.45) is 3.73. The molecule has 158 valence electrons. The lowest BCUT2D eigenvalue weighted by Crippen LogP contribution is -2.90. The molecule has 0 atom stereocenters. The highest BCUT2D eigenvalue weighted by atomic mass is 35.5. The molecule has 0 fully saturated rings. The lowest BCUT2D eigenvalue weighted by molar-refractivity contribution is -0.568. The van der Waals surface area contributed by atoms with Crippen LogP contribution >= 0.6 is 11.6 Å². The second-order valence-corrected chi connectivity index (χ2v) is 7.50. The Balaban J connectivity index is 0.00000231. The molecule has 7 nitrogen and oxygen atoms in total. The van der Waals surface area contributed by atoms with Crippen LogP contribution in [0.4, 0.5) is 5.69 Å². The van der Waals surface area contributed by atoms with Gasteiger partial charge in [-0.15, -0.1) is 0 Å². The first-order chi connectivity index (χ1) is 14.6. The zero-order chi connectivity index (χ0) is 20.7. The fraction of sp³-hybridized carbons (Fsp3) is 0.0870. The maximum Gasteiger partial charge on any atom is 0.270 e. The van der Waals surface area contributed by atoms with Crippen LogP contribution in [0, 0.1) is 0 Å². The van der Waals surface area contributed by atoms with Crippen LogP contribution < -0.4 is 25.6 Å². The average molecular weight is 437 g/mol. The van der Waals surface area contributed by atoms with E-state index in [0.29, 0.717) is 11.7 Å². The molecule has 8 heteroatoms. The number of rotatable bonds is 4. The number of hydrogen-bond donors (Lipinski definition) is 2. The summed E-state index contributed by atoms with van der Waals surface area (Å²) in [6, 6.07) is 19.7. The fourth-order valence-electron chi connectivity index (χ4n) is 3.81. The molecule has 4 N–H and O–H groups in total. The first-order valence-electron chi connectivity index (χ1n) is 9.54. The van der Waals surface area contributed by atoms with Gasteiger partial charge in [-0.05, 0) is 35.9 Å². The maximum absolute atomic E-state index is 11.2. The van der Waals surface area contributed by atoms with Crippen LogP contribution in [0.1, 0.15) is 5.56 Å². The number of aromatic nitrogens is 1. The van der Waals surface area contributed by atoms with Crippen molar-refractivity contribution in [2.24, 2.45) is 0 Å². The van der Waals surface area contributed by atoms with Crippen molar-refractivity contribution in [3.05, 3.63) is 99.6 Å². The van der Waals surface area contributed by atoms with Gasteiger partial charge in [-0.1, -0.05) is 41.9 Å². The van der Waals surface area contributed by atoms with Gasteiger partial charge in [0.1, 0.15) is 16.6 Å². The molecule has 0 amide bonds. The summed E-state index contributed by atoms with van der Waals surface area (Å²) in [5, 5.41) is 15.5. The molecular weight excluding hydrogens is 416 g/mol. The van der Waals surface area contributed by atoms with Gasteiger partial charge in [-0.3, -0.25) is 0 Å². The highest BCUT2D eigenvalue weighted by Crippen LogP contribution is 2.28. The standard InChI is InChI=1S/C23H19ClN4O2.H2O/c1-30-18-9-6-15(7-10-18)13-27-14-16-4-2-3-5-19(16)21-22(27)23(29)28(26-21)17-8-11-20(24)25-12-17;/h2-12,14,26,29H,13H2,1H3;1H2. The number of methoxy groups -OCH3 is 1. The largest absolute Gasteiger partial charge is 0.870 e. The minimum Gasteiger partial charge on any atom is -0.870 e. The van der Waals surface area contributed by atoms with E-state index in [4.69, 9.17) is 16.3 Å². The quantitative estimate of drug-likeness (QED) is 0.477. The number of benzene rings is 2. The van der Waals surface area contributed by atoms with Gasteiger partial charge >= 0.3 is 0 Å². The van der Waals surface area contributed by atoms with Crippen molar-refractivity contribution < 1.29 is 20.7 Å². The second-order valence-electron chi connectivity index (χ2n) is 7.12. The zero-order valence-electron chi connectivity index (χ0n) is 16.7. The lowest BCUT2D eigenvalue weighted by atomic mass is 10.1. The van der Waals surface area contributed by atoms with Crippen molar-refractivity contribution in [3.63, 3.8) is 0 Å². The number of nitrogens with two attached hydrogens (primary N) is 1. The predicted molar refractivity (Wildman–Crippen MR) is 117 cm³/mol. The summed E-state index contributed by atoms with van der Waals surface area (Å²) in [5.74, 6) is 0.977. The molecule has 2 aliphatic rings. The Hall–Kier alpha value is -3.52. The highest BCUT2D eigenvalue weighted by Gasteiger charge is 2.38. The van der Waals surface area contributed by atoms with Gasteiger partial charge in [-0.2, -0.15) is 5.01 Å². The summed E-state index contributed by atoms with van der Waals surface area (Å²) < 4.78 is 5.26. The van der Waals surface area contributed by atoms with E-state index < -0.39 is 0 Å². The maximum atomic E-state index is 11.2. The number of fused-ring (bicyclic) bond motifs is 2. The average Bonchev–Trinajstić information content (AvgIpc) is 3.13. The molecule has 31 heavy (non-hydrogen) atoms. The van der Waals surface area contributed by atoms with Crippen molar-refractivity contribution in [2.75, 3.05) is 12.1 Å². The van der Waals surface area contributed by atoms with Gasteiger partial charge in [0.2, 0.25) is 0 Å². The molecule has 5 rings (SSSR count). The van der Waals surface area contributed by atoms with E-state index in [1.54, 1.807) is 24.4 Å². The van der Waals surface area contributed by atoms with E-state index in [-0.39, 0.29) is 11.4 Å². The van der Waals surface area contributed by atoms with Crippen molar-refractivity contribution in [1.82, 2.24) is 9.88 Å². The number of halogens is 1. The molecule has 2 aliphatic heterocycles. The topological polar surface area (TPSA) is 95.4 Å². The Bertz CT molecular complexity index is 1260. The van der Waals surface area contributed by atoms with E-state index >= 15 is 0 Å². The number of ether oxygens (including phenoxy) is 1. The molecule has 0 saturated heterocycles. The van der Waals surface area contributed by atoms with Crippen LogP contribution in [0.3, 0.4) is 0 Å². The number of aliphatic hydroxyl groups excluding tert-OH is 1. The summed E-state index contributed by atoms with van der Waals surface area (Å²) in [7, 11) is 1.66. The first kappa shape index (κ1) is 20.7. The lowest BCUT2D eigenvalue weighted by Gasteiger charge is -2.23. The van der Waals surface area contributed by atoms with Crippen LogP contribution in [-0.2, 0) is 6.54 Å². The van der Waals surface area contributed by atoms with Crippen molar-refractivity contribution in [3.8, 4) is 5.75 Å². The molecule has 3 aromatic rings. The summed E-state index contributed by atoms with van der Waals surface area (Å²) in [4.78, 5) is 6.23. The molecule has 3 heterocycles. The Morgan fingerprint density at radius 3 is 2.55 bits per heavy atom. The van der Waals surface area contributed by atoms with Crippen LogP contribution in [0.15, 0.2) is 78.4 Å². The van der Waals surface area contributed by atoms with E-state index in [9.17, 15) is 5.11 Å². The monoisotopic (exact) mass is 436 g/mol. The first-order valence-corrected chi connectivity index (χ1v) is 9.92. The third kappa shape index (κ3) is 3.70. The normalized spacial score (nSPS) is 14.6. The van der Waals surface area contributed by atoms with Crippen molar-refractivity contribution in [1.29, 1.82) is 0 Å². The Morgan fingerprint density at radius 2 is 1.84 bits per heavy atom. The Labute approximate surface area is 184 Å². The Kier molecular flexibility index (Phi) is 5.56. The van der Waals surface area contributed by atoms with Crippen LogP contribution in [-0.4, -0.2) is 27.6 Å². The van der Waals surface area contributed by atoms with Gasteiger partial charge in [0.25, 0.3) is 5.88 Å². The van der Waals surface area contributed by atoms with Crippen LogP contribution in [0.5, 0.6) is 5.75 Å². The smallest absolute Gasteiger partial charge is 0.270 e. The van der Waals surface area contributed by atoms with E-state index in [0.717, 1.165) is 38.8 Å². The third-order valence-corrected chi connectivity index (χ3v) is 5.51. The summed E-state index contributed by atoms with van der Waals surface area (Å²) >= 11 is 5.94. The fourth-order valence-corrected chi connectivity index (χ4v) is 3.92. The number of aliphatic hydroxyl groups is 1. The van der Waals surface area contributed by atoms with Gasteiger partial charge in [0, 0.05) is 23.2 Å². The van der Waals surface area contributed by atoms with Crippen LogP contribution in [0.2, 0.25) is 5.15 Å². The van der Waals surface area contributed by atoms with Crippen molar-refractivity contribution >= 4 is 29.2 Å². The summed E-state index contributed by atoms with van der Waals surface area (Å²) in [5.41, 5.74) is 5.53. The van der Waals surface area contributed by atoms with E-state index in [1.165, 1.54) is 0 Å². The minimum absolute atomic E-state index is 0. The second kappa shape index (κ2) is 8.31. The van der Waals surface area contributed by atoms with Gasteiger partial charge in [0.05, 0.1) is 13.3 Å². The highest BCUT2D eigenvalue weighted by molar-refractivity contribution is 6.29. The number of pyridine rings is 1. The molecule has 2 aromatic carbocycles. The van der Waals surface area contributed by atoms with Crippen LogP contribution in [0.25, 0.3) is 11.9 Å². The molecular formula is C23H21ClN4O3. The van der Waals surface area contributed by atoms with Gasteiger partial charge < -0.3 is 20.2 Å². The summed E-state index contributed by atoms with van der Waals surface area (Å²) in [6.45, 7) is 0.613. The van der Waals surface area contributed by atoms with Gasteiger partial charge in [-0.25, -0.2) is 10.4 Å². The molecule has 0 saturated carbocycles. The van der Waals surface area contributed by atoms with E-state index in [2.05, 4.69) is 28.2 Å². The molecule has 1 aromatic heterocycles. The number of hydrogen-bond acceptors (Lipinski definition) is 6. The molecule has 0 bridgehead atoms. The predicted octanol–water partition coefficient (Wildman–Crippen LogP) is 1.65. The Morgan fingerprint density at radius 1 is 1.06 bits per heavy atom. The molecule has 0 radical (unpaired) electrons. The SMILES string of the molecule is COc1ccc(CN2C=c3ccccc3=C3[NH2+]N(c4ccc(Cl)nc4)C(O)=C32)cc1.[OH-]. The van der Waals surface area contributed by atoms with Crippen molar-refractivity contribution in [2.45, 2.75) is 6.54 Å². The molecule has 0 spiro atoms. The minimum atomic E-state index is 0. The molecule has 0 aliphatic carbocycles. The molecule has 0 unspecified atom stereocenters. The number of nitrogens with zero attached hydrogens (tertiary/aromatic N) is 3. The zero-order valence-corrected chi connectivity index (χ0v) is 17.5. The third-order valence-electron chi connectivity index (χ3n) is 5.29. The van der Waals surface area contributed by atoms with E-state index in [1.807, 2.05) is 47.9 Å².